The van der Waals surface area contributed by atoms with E-state index in [1.54, 1.807) is 18.2 Å². The summed E-state index contributed by atoms with van der Waals surface area (Å²) in [6.07, 6.45) is 1.90. The molecule has 186 valence electrons. The van der Waals surface area contributed by atoms with Crippen LogP contribution in [-0.4, -0.2) is 42.9 Å². The summed E-state index contributed by atoms with van der Waals surface area (Å²) in [6.45, 7) is 7.22. The number of hydrogen-bond donors (Lipinski definition) is 3. The molecule has 0 aliphatic carbocycles. The second-order valence-electron chi connectivity index (χ2n) is 8.91. The number of piperidine rings is 1. The molecular weight excluding hydrogens is 448 g/mol. The lowest BCUT2D eigenvalue weighted by Crippen LogP contribution is -2.30. The van der Waals surface area contributed by atoms with Gasteiger partial charge in [0.1, 0.15) is 0 Å². The Labute approximate surface area is 213 Å². The van der Waals surface area contributed by atoms with Gasteiger partial charge in [-0.2, -0.15) is 0 Å². The topological polar surface area (TPSA) is 87.5 Å². The second-order valence-corrected chi connectivity index (χ2v) is 8.91. The Bertz CT molecular complexity index is 1250. The van der Waals surface area contributed by atoms with Crippen molar-refractivity contribution in [3.8, 4) is 0 Å². The Morgan fingerprint density at radius 3 is 2.19 bits per heavy atom. The first kappa shape index (κ1) is 25.2. The van der Waals surface area contributed by atoms with Crippen molar-refractivity contribution >= 4 is 28.8 Å². The van der Waals surface area contributed by atoms with Gasteiger partial charge in [0.05, 0.1) is 5.56 Å². The minimum Gasteiger partial charge on any atom is -0.398 e. The predicted molar refractivity (Wildman–Crippen MR) is 147 cm³/mol. The fourth-order valence-electron chi connectivity index (χ4n) is 4.68. The number of rotatable bonds is 7. The first-order valence-electron chi connectivity index (χ1n) is 12.6. The molecule has 0 aromatic heterocycles. The summed E-state index contributed by atoms with van der Waals surface area (Å²) in [6, 6.07) is 22.9. The maximum absolute atomic E-state index is 12.8. The van der Waals surface area contributed by atoms with E-state index in [0.29, 0.717) is 35.6 Å². The highest BCUT2D eigenvalue weighted by Gasteiger charge is 2.18. The largest absolute Gasteiger partial charge is 0.398 e. The van der Waals surface area contributed by atoms with Crippen molar-refractivity contribution in [2.75, 3.05) is 37.2 Å². The smallest absolute Gasteiger partial charge is 0.257 e. The molecule has 0 bridgehead atoms. The average Bonchev–Trinajstić information content (AvgIpc) is 2.91. The number of hydrogen-bond acceptors (Lipinski definition) is 4. The molecule has 0 radical (unpaired) electrons. The van der Waals surface area contributed by atoms with Crippen molar-refractivity contribution in [2.45, 2.75) is 26.7 Å². The van der Waals surface area contributed by atoms with E-state index >= 15 is 0 Å². The second kappa shape index (κ2) is 11.7. The van der Waals surface area contributed by atoms with Gasteiger partial charge in [0.25, 0.3) is 11.8 Å². The van der Waals surface area contributed by atoms with Gasteiger partial charge >= 0.3 is 0 Å². The van der Waals surface area contributed by atoms with Gasteiger partial charge in [-0.15, -0.1) is 0 Å². The van der Waals surface area contributed by atoms with E-state index in [1.165, 1.54) is 5.57 Å². The third-order valence-corrected chi connectivity index (χ3v) is 6.65. The van der Waals surface area contributed by atoms with Crippen LogP contribution in [0.25, 0.3) is 5.57 Å². The molecule has 2 amide bonds. The van der Waals surface area contributed by atoms with Crippen LogP contribution in [0.4, 0.5) is 11.4 Å². The van der Waals surface area contributed by atoms with E-state index in [2.05, 4.69) is 16.7 Å². The van der Waals surface area contributed by atoms with Crippen molar-refractivity contribution in [1.29, 1.82) is 0 Å². The molecule has 3 aromatic rings. The van der Waals surface area contributed by atoms with Gasteiger partial charge in [0, 0.05) is 30.0 Å². The highest BCUT2D eigenvalue weighted by molar-refractivity contribution is 6.08. The quantitative estimate of drug-likeness (QED) is 0.405. The van der Waals surface area contributed by atoms with Crippen molar-refractivity contribution < 1.29 is 9.59 Å². The van der Waals surface area contributed by atoms with Crippen LogP contribution in [0.5, 0.6) is 0 Å². The zero-order chi connectivity index (χ0) is 25.5. The number of benzene rings is 3. The summed E-state index contributed by atoms with van der Waals surface area (Å²) in [5.74, 6) is -0.187. The molecule has 0 spiro atoms. The highest BCUT2D eigenvalue weighted by Crippen LogP contribution is 2.33. The van der Waals surface area contributed by atoms with E-state index in [-0.39, 0.29) is 11.8 Å². The molecule has 36 heavy (non-hydrogen) atoms. The Balaban J connectivity index is 1.67. The van der Waals surface area contributed by atoms with E-state index in [0.717, 1.165) is 42.6 Å². The van der Waals surface area contributed by atoms with E-state index in [9.17, 15) is 9.59 Å². The van der Waals surface area contributed by atoms with Crippen LogP contribution >= 0.6 is 0 Å². The lowest BCUT2D eigenvalue weighted by molar-refractivity contribution is 0.0772. The van der Waals surface area contributed by atoms with Crippen LogP contribution in [-0.2, 0) is 0 Å². The predicted octanol–water partition coefficient (Wildman–Crippen LogP) is 5.19. The molecule has 0 unspecified atom stereocenters. The van der Waals surface area contributed by atoms with Gasteiger partial charge in [-0.3, -0.25) is 9.59 Å². The molecular formula is C30H34N4O2. The molecule has 1 saturated heterocycles. The van der Waals surface area contributed by atoms with Gasteiger partial charge in [-0.1, -0.05) is 42.0 Å². The van der Waals surface area contributed by atoms with Crippen molar-refractivity contribution in [3.63, 3.8) is 0 Å². The summed E-state index contributed by atoms with van der Waals surface area (Å²) >= 11 is 0. The minimum atomic E-state index is -0.236. The normalized spacial score (nSPS) is 13.2. The van der Waals surface area contributed by atoms with Crippen LogP contribution in [0, 0.1) is 0 Å². The minimum absolute atomic E-state index is 0.0486. The first-order chi connectivity index (χ1) is 17.5. The molecule has 0 atom stereocenters. The Morgan fingerprint density at radius 1 is 0.861 bits per heavy atom. The third-order valence-electron chi connectivity index (χ3n) is 6.65. The van der Waals surface area contributed by atoms with Gasteiger partial charge in [0.15, 0.2) is 0 Å². The zero-order valence-electron chi connectivity index (χ0n) is 21.0. The number of carbonyl (C=O) groups is 2. The number of carbonyl (C=O) groups excluding carboxylic acids is 2. The molecule has 1 heterocycles. The Morgan fingerprint density at radius 2 is 1.53 bits per heavy atom. The third kappa shape index (κ3) is 5.66. The SMILES string of the molecule is CCN(CC)C(=O)c1ccc(C(=C2CCNCC2)c2cccc(NC(=O)c3ccccc3N)c2)cc1. The molecule has 6 heteroatoms. The summed E-state index contributed by atoms with van der Waals surface area (Å²) < 4.78 is 0. The zero-order valence-corrected chi connectivity index (χ0v) is 21.0. The highest BCUT2D eigenvalue weighted by atomic mass is 16.2. The van der Waals surface area contributed by atoms with Crippen LogP contribution in [0.1, 0.15) is 58.5 Å². The average molecular weight is 483 g/mol. The lowest BCUT2D eigenvalue weighted by Gasteiger charge is -2.22. The number of para-hydroxylation sites is 1. The van der Waals surface area contributed by atoms with E-state index < -0.39 is 0 Å². The monoisotopic (exact) mass is 482 g/mol. The van der Waals surface area contributed by atoms with Crippen LogP contribution in [0.2, 0.25) is 0 Å². The number of nitrogens with one attached hydrogen (secondary N) is 2. The maximum atomic E-state index is 12.8. The lowest BCUT2D eigenvalue weighted by atomic mass is 9.88. The first-order valence-corrected chi connectivity index (χ1v) is 12.6. The summed E-state index contributed by atoms with van der Waals surface area (Å²) in [7, 11) is 0. The Hall–Kier alpha value is -3.90. The van der Waals surface area contributed by atoms with Gasteiger partial charge < -0.3 is 21.3 Å². The van der Waals surface area contributed by atoms with E-state index in [1.807, 2.05) is 67.3 Å². The van der Waals surface area contributed by atoms with Crippen LogP contribution < -0.4 is 16.4 Å². The van der Waals surface area contributed by atoms with Gasteiger partial charge in [-0.05, 0) is 92.9 Å². The number of anilines is 2. The number of nitrogen functional groups attached to an aromatic ring is 1. The fourth-order valence-corrected chi connectivity index (χ4v) is 4.68. The Kier molecular flexibility index (Phi) is 8.18. The molecule has 6 nitrogen and oxygen atoms in total. The van der Waals surface area contributed by atoms with Crippen molar-refractivity contribution in [2.24, 2.45) is 0 Å². The molecule has 4 N–H and O–H groups in total. The van der Waals surface area contributed by atoms with Crippen LogP contribution in [0.15, 0.2) is 78.4 Å². The van der Waals surface area contributed by atoms with Crippen LogP contribution in [0.3, 0.4) is 0 Å². The van der Waals surface area contributed by atoms with E-state index in [4.69, 9.17) is 5.73 Å². The van der Waals surface area contributed by atoms with Gasteiger partial charge in [-0.25, -0.2) is 0 Å². The summed E-state index contributed by atoms with van der Waals surface area (Å²) in [4.78, 5) is 27.5. The fraction of sp³-hybridized carbons (Fsp3) is 0.267. The molecule has 1 fully saturated rings. The number of nitrogens with two attached hydrogens (primary N) is 1. The molecule has 0 saturated carbocycles. The number of amides is 2. The molecule has 1 aliphatic rings. The standard InChI is InChI=1S/C30H34N4O2/c1-3-34(4-2)30(36)23-14-12-21(13-15-23)28(22-16-18-32-19-17-22)24-8-7-9-25(20-24)33-29(35)26-10-5-6-11-27(26)31/h5-15,20,32H,3-4,16-19,31H2,1-2H3,(H,33,35). The molecule has 4 rings (SSSR count). The summed E-state index contributed by atoms with van der Waals surface area (Å²) in [5, 5.41) is 6.42. The van der Waals surface area contributed by atoms with Crippen molar-refractivity contribution in [3.05, 3.63) is 101 Å². The van der Waals surface area contributed by atoms with Crippen molar-refractivity contribution in [1.82, 2.24) is 10.2 Å². The number of nitrogens with zero attached hydrogens (tertiary/aromatic N) is 1. The summed E-state index contributed by atoms with van der Waals surface area (Å²) in [5.41, 5.74) is 12.9. The maximum Gasteiger partial charge on any atom is 0.257 e. The molecule has 1 aliphatic heterocycles. The van der Waals surface area contributed by atoms with Gasteiger partial charge in [0.2, 0.25) is 0 Å². The molecule has 3 aromatic carbocycles.